The Bertz CT molecular complexity index is 670. The monoisotopic (exact) mass is 370 g/mol. The Hall–Kier alpha value is -2.07. The lowest BCUT2D eigenvalue weighted by atomic mass is 9.95. The van der Waals surface area contributed by atoms with E-state index in [2.05, 4.69) is 10.3 Å². The summed E-state index contributed by atoms with van der Waals surface area (Å²) in [5, 5.41) is 21.4. The first-order valence-corrected chi connectivity index (χ1v) is 8.49. The second-order valence-corrected chi connectivity index (χ2v) is 7.09. The summed E-state index contributed by atoms with van der Waals surface area (Å²) in [6, 6.07) is 2.03. The highest BCUT2D eigenvalue weighted by atomic mass is 35.5. The lowest BCUT2D eigenvalue weighted by Crippen LogP contribution is -2.56. The zero-order chi connectivity index (χ0) is 19.4. The quantitative estimate of drug-likeness (QED) is 0.720. The minimum atomic E-state index is -1.04. The molecule has 138 valence electrons. The second-order valence-electron chi connectivity index (χ2n) is 6.73. The normalized spacial score (nSPS) is 13.7. The van der Waals surface area contributed by atoms with Gasteiger partial charge in [0.1, 0.15) is 11.2 Å². The first-order valence-electron chi connectivity index (χ1n) is 8.11. The van der Waals surface area contributed by atoms with E-state index in [1.54, 1.807) is 6.07 Å². The van der Waals surface area contributed by atoms with Gasteiger partial charge in [0.05, 0.1) is 11.6 Å². The van der Waals surface area contributed by atoms with Crippen LogP contribution in [0.25, 0.3) is 0 Å². The molecule has 0 saturated carbocycles. The smallest absolute Gasteiger partial charge is 0.408 e. The van der Waals surface area contributed by atoms with Crippen molar-refractivity contribution in [2.45, 2.75) is 65.1 Å². The maximum Gasteiger partial charge on any atom is 0.408 e. The van der Waals surface area contributed by atoms with Crippen molar-refractivity contribution in [2.24, 2.45) is 0 Å². The van der Waals surface area contributed by atoms with Gasteiger partial charge in [0.2, 0.25) is 0 Å². The molecule has 0 fully saturated rings. The summed E-state index contributed by atoms with van der Waals surface area (Å²) in [5.41, 5.74) is -0.665. The first-order chi connectivity index (χ1) is 11.6. The molecular formula is C17H24ClFN4O2. The van der Waals surface area contributed by atoms with Gasteiger partial charge in [-0.2, -0.15) is 5.26 Å². The summed E-state index contributed by atoms with van der Waals surface area (Å²) < 4.78 is 14.2. The van der Waals surface area contributed by atoms with Crippen LogP contribution in [0.4, 0.5) is 15.0 Å². The predicted molar refractivity (Wildman–Crippen MR) is 95.3 cm³/mol. The molecule has 1 aromatic rings. The summed E-state index contributed by atoms with van der Waals surface area (Å²) in [5.74, 6) is -0.791. The van der Waals surface area contributed by atoms with Crippen LogP contribution in [0.2, 0.25) is 5.15 Å². The van der Waals surface area contributed by atoms with Gasteiger partial charge in [0.15, 0.2) is 11.6 Å². The number of anilines is 1. The van der Waals surface area contributed by atoms with E-state index >= 15 is 0 Å². The van der Waals surface area contributed by atoms with Gasteiger partial charge in [0.25, 0.3) is 0 Å². The van der Waals surface area contributed by atoms with Gasteiger partial charge in [-0.1, -0.05) is 25.4 Å². The molecule has 25 heavy (non-hydrogen) atoms. The van der Waals surface area contributed by atoms with E-state index in [1.807, 2.05) is 34.6 Å². The molecule has 0 aliphatic carbocycles. The Morgan fingerprint density at radius 2 is 2.08 bits per heavy atom. The van der Waals surface area contributed by atoms with E-state index in [-0.39, 0.29) is 22.6 Å². The lowest BCUT2D eigenvalue weighted by Gasteiger charge is -2.43. The number of nitrogens with one attached hydrogen (secondary N) is 1. The standard InChI is InChI=1S/C17H24ClFN4O2/c1-6-12(13(7-2)23(16(24)25)17(3,4)5)21-15-11(19)8-10(9-20)14(18)22-15/h8,12-13H,6-7H2,1-5H3,(H,21,22)(H,24,25)/t12-,13+/m1/s1. The molecule has 0 radical (unpaired) electrons. The Kier molecular flexibility index (Phi) is 7.00. The average Bonchev–Trinajstić information content (AvgIpc) is 2.51. The molecule has 0 saturated heterocycles. The fourth-order valence-electron chi connectivity index (χ4n) is 2.87. The van der Waals surface area contributed by atoms with Gasteiger partial charge in [-0.3, -0.25) is 4.90 Å². The summed E-state index contributed by atoms with van der Waals surface area (Å²) in [6.07, 6.45) is 0.0588. The summed E-state index contributed by atoms with van der Waals surface area (Å²) in [7, 11) is 0. The number of amides is 1. The Labute approximate surface area is 152 Å². The van der Waals surface area contributed by atoms with E-state index in [0.717, 1.165) is 6.07 Å². The molecule has 8 heteroatoms. The topological polar surface area (TPSA) is 89.3 Å². The minimum absolute atomic E-state index is 0.0494. The summed E-state index contributed by atoms with van der Waals surface area (Å²) in [6.45, 7) is 9.20. The molecule has 0 aliphatic heterocycles. The highest BCUT2D eigenvalue weighted by molar-refractivity contribution is 6.30. The Morgan fingerprint density at radius 3 is 2.48 bits per heavy atom. The van der Waals surface area contributed by atoms with Gasteiger partial charge in [-0.25, -0.2) is 14.2 Å². The first kappa shape index (κ1) is 21.0. The van der Waals surface area contributed by atoms with E-state index in [1.165, 1.54) is 4.90 Å². The summed E-state index contributed by atoms with van der Waals surface area (Å²) >= 11 is 5.88. The van der Waals surface area contributed by atoms with Crippen LogP contribution in [-0.2, 0) is 0 Å². The Balaban J connectivity index is 3.22. The molecule has 1 aromatic heterocycles. The number of carboxylic acid groups (broad SMARTS) is 1. The number of carbonyl (C=O) groups is 1. The van der Waals surface area contributed by atoms with Crippen LogP contribution < -0.4 is 5.32 Å². The van der Waals surface area contributed by atoms with Crippen LogP contribution in [0.1, 0.15) is 53.0 Å². The number of pyridine rings is 1. The van der Waals surface area contributed by atoms with Crippen molar-refractivity contribution >= 4 is 23.5 Å². The van der Waals surface area contributed by atoms with E-state index in [0.29, 0.717) is 12.8 Å². The average molecular weight is 371 g/mol. The molecule has 2 N–H and O–H groups in total. The second kappa shape index (κ2) is 8.34. The van der Waals surface area contributed by atoms with Crippen LogP contribution >= 0.6 is 11.6 Å². The third-order valence-corrected chi connectivity index (χ3v) is 4.24. The SMILES string of the molecule is CC[C@@H](Nc1nc(Cl)c(C#N)cc1F)[C@H](CC)N(C(=O)O)C(C)(C)C. The van der Waals surface area contributed by atoms with Crippen LogP contribution in [0, 0.1) is 17.1 Å². The molecule has 6 nitrogen and oxygen atoms in total. The molecule has 0 aromatic carbocycles. The minimum Gasteiger partial charge on any atom is -0.465 e. The number of halogens is 2. The van der Waals surface area contributed by atoms with Crippen molar-refractivity contribution in [3.63, 3.8) is 0 Å². The van der Waals surface area contributed by atoms with Gasteiger partial charge in [-0.05, 0) is 39.7 Å². The van der Waals surface area contributed by atoms with Gasteiger partial charge in [0, 0.05) is 11.6 Å². The van der Waals surface area contributed by atoms with E-state index < -0.39 is 23.5 Å². The molecule has 1 amide bonds. The molecule has 0 unspecified atom stereocenters. The van der Waals surface area contributed by atoms with Gasteiger partial charge >= 0.3 is 6.09 Å². The number of rotatable bonds is 6. The van der Waals surface area contributed by atoms with Gasteiger partial charge in [-0.15, -0.1) is 0 Å². The van der Waals surface area contributed by atoms with Gasteiger partial charge < -0.3 is 10.4 Å². The van der Waals surface area contributed by atoms with Crippen LogP contribution in [-0.4, -0.2) is 38.7 Å². The molecule has 0 bridgehead atoms. The number of hydrogen-bond donors (Lipinski definition) is 2. The number of nitrogens with zero attached hydrogens (tertiary/aromatic N) is 3. The van der Waals surface area contributed by atoms with Crippen LogP contribution in [0.3, 0.4) is 0 Å². The molecule has 0 spiro atoms. The fourth-order valence-corrected chi connectivity index (χ4v) is 3.05. The van der Waals surface area contributed by atoms with Crippen molar-refractivity contribution in [1.29, 1.82) is 5.26 Å². The zero-order valence-corrected chi connectivity index (χ0v) is 15.9. The third kappa shape index (κ3) is 4.95. The highest BCUT2D eigenvalue weighted by Gasteiger charge is 2.36. The maximum absolute atomic E-state index is 14.2. The number of nitriles is 1. The number of hydrogen-bond acceptors (Lipinski definition) is 4. The molecule has 1 rings (SSSR count). The largest absolute Gasteiger partial charge is 0.465 e. The molecule has 1 heterocycles. The van der Waals surface area contributed by atoms with Crippen molar-refractivity contribution in [3.05, 3.63) is 22.6 Å². The van der Waals surface area contributed by atoms with Crippen LogP contribution in [0.15, 0.2) is 6.07 Å². The van der Waals surface area contributed by atoms with E-state index in [4.69, 9.17) is 16.9 Å². The molecule has 0 aliphatic rings. The third-order valence-electron chi connectivity index (χ3n) is 3.96. The summed E-state index contributed by atoms with van der Waals surface area (Å²) in [4.78, 5) is 17.1. The molecule has 2 atom stereocenters. The van der Waals surface area contributed by atoms with Crippen LogP contribution in [0.5, 0.6) is 0 Å². The highest BCUT2D eigenvalue weighted by Crippen LogP contribution is 2.26. The van der Waals surface area contributed by atoms with Crippen molar-refractivity contribution in [2.75, 3.05) is 5.32 Å². The van der Waals surface area contributed by atoms with Crippen molar-refractivity contribution in [1.82, 2.24) is 9.88 Å². The van der Waals surface area contributed by atoms with Crippen molar-refractivity contribution < 1.29 is 14.3 Å². The Morgan fingerprint density at radius 1 is 1.48 bits per heavy atom. The molecular weight excluding hydrogens is 347 g/mol. The number of aromatic nitrogens is 1. The lowest BCUT2D eigenvalue weighted by molar-refractivity contribution is 0.0614. The fraction of sp³-hybridized carbons (Fsp3) is 0.588. The van der Waals surface area contributed by atoms with Crippen molar-refractivity contribution in [3.8, 4) is 6.07 Å². The zero-order valence-electron chi connectivity index (χ0n) is 15.1. The maximum atomic E-state index is 14.2. The predicted octanol–water partition coefficient (Wildman–Crippen LogP) is 4.49. The van der Waals surface area contributed by atoms with E-state index in [9.17, 15) is 14.3 Å².